The van der Waals surface area contributed by atoms with E-state index in [1.54, 1.807) is 0 Å². The lowest BCUT2D eigenvalue weighted by Gasteiger charge is -2.18. The number of hydrogen-bond acceptors (Lipinski definition) is 3. The van der Waals surface area contributed by atoms with Crippen molar-refractivity contribution in [2.45, 2.75) is 12.5 Å². The van der Waals surface area contributed by atoms with Crippen LogP contribution < -0.4 is 10.6 Å². The third kappa shape index (κ3) is 3.05. The fourth-order valence-corrected chi connectivity index (χ4v) is 2.09. The minimum atomic E-state index is -0.302. The molecule has 1 heterocycles. The summed E-state index contributed by atoms with van der Waals surface area (Å²) in [6.07, 6.45) is 0.874. The molecule has 4 heteroatoms. The number of rotatable bonds is 4. The summed E-state index contributed by atoms with van der Waals surface area (Å²) in [6, 6.07) is 9.25. The molecule has 92 valence electrons. The summed E-state index contributed by atoms with van der Waals surface area (Å²) in [5.41, 5.74) is 0.939. The maximum atomic E-state index is 11.9. The van der Waals surface area contributed by atoms with Crippen LogP contribution in [-0.2, 0) is 4.79 Å². The number of nitrogens with one attached hydrogen (secondary N) is 2. The zero-order valence-corrected chi connectivity index (χ0v) is 9.73. The maximum absolute atomic E-state index is 11.9. The van der Waals surface area contributed by atoms with Gasteiger partial charge in [0.05, 0.1) is 18.6 Å². The zero-order valence-electron chi connectivity index (χ0n) is 9.73. The van der Waals surface area contributed by atoms with Gasteiger partial charge in [0, 0.05) is 6.54 Å². The van der Waals surface area contributed by atoms with Crippen molar-refractivity contribution in [2.75, 3.05) is 19.7 Å². The Hall–Kier alpha value is -1.39. The molecule has 3 N–H and O–H groups in total. The second-order valence-corrected chi connectivity index (χ2v) is 4.34. The molecule has 1 amide bonds. The van der Waals surface area contributed by atoms with Gasteiger partial charge in [-0.25, -0.2) is 0 Å². The Balaban J connectivity index is 1.97. The maximum Gasteiger partial charge on any atom is 0.225 e. The summed E-state index contributed by atoms with van der Waals surface area (Å²) in [7, 11) is 0. The second-order valence-electron chi connectivity index (χ2n) is 4.34. The summed E-state index contributed by atoms with van der Waals surface area (Å²) < 4.78 is 0. The van der Waals surface area contributed by atoms with Gasteiger partial charge in [0.1, 0.15) is 0 Å². The number of amides is 1. The molecule has 0 radical (unpaired) electrons. The van der Waals surface area contributed by atoms with Gasteiger partial charge >= 0.3 is 0 Å². The molecule has 1 aromatic rings. The number of hydrogen-bond donors (Lipinski definition) is 3. The molecular weight excluding hydrogens is 216 g/mol. The highest BCUT2D eigenvalue weighted by Crippen LogP contribution is 2.14. The van der Waals surface area contributed by atoms with Crippen LogP contribution in [0.4, 0.5) is 0 Å². The minimum absolute atomic E-state index is 0.0258. The van der Waals surface area contributed by atoms with Crippen LogP contribution in [0.2, 0.25) is 0 Å². The van der Waals surface area contributed by atoms with Gasteiger partial charge in [-0.15, -0.1) is 0 Å². The highest BCUT2D eigenvalue weighted by Gasteiger charge is 2.24. The van der Waals surface area contributed by atoms with Gasteiger partial charge in [0.25, 0.3) is 0 Å². The first-order valence-electron chi connectivity index (χ1n) is 5.98. The van der Waals surface area contributed by atoms with E-state index < -0.39 is 0 Å². The summed E-state index contributed by atoms with van der Waals surface area (Å²) in [5.74, 6) is 0.0608. The molecule has 0 aromatic heterocycles. The van der Waals surface area contributed by atoms with E-state index in [1.807, 2.05) is 30.3 Å². The van der Waals surface area contributed by atoms with Crippen LogP contribution in [0.25, 0.3) is 0 Å². The molecule has 1 aromatic carbocycles. The van der Waals surface area contributed by atoms with Gasteiger partial charge in [0.2, 0.25) is 5.91 Å². The predicted molar refractivity (Wildman–Crippen MR) is 65.4 cm³/mol. The molecule has 2 atom stereocenters. The summed E-state index contributed by atoms with van der Waals surface area (Å²) in [4.78, 5) is 11.9. The van der Waals surface area contributed by atoms with Crippen LogP contribution >= 0.6 is 0 Å². The molecule has 17 heavy (non-hydrogen) atoms. The predicted octanol–water partition coefficient (Wildman–Crippen LogP) is 0.446. The van der Waals surface area contributed by atoms with E-state index >= 15 is 0 Å². The van der Waals surface area contributed by atoms with E-state index in [4.69, 9.17) is 0 Å². The number of benzene rings is 1. The van der Waals surface area contributed by atoms with E-state index in [1.165, 1.54) is 0 Å². The van der Waals surface area contributed by atoms with Crippen molar-refractivity contribution in [3.63, 3.8) is 0 Å². The van der Waals surface area contributed by atoms with E-state index in [2.05, 4.69) is 10.6 Å². The standard InChI is InChI=1S/C13H18N2O2/c16-9-12(10-4-2-1-3-5-10)15-13(17)11-6-7-14-8-11/h1-5,11-12,14,16H,6-9H2,(H,15,17). The van der Waals surface area contributed by atoms with Crippen molar-refractivity contribution < 1.29 is 9.90 Å². The van der Waals surface area contributed by atoms with Crippen molar-refractivity contribution in [2.24, 2.45) is 5.92 Å². The molecule has 1 fully saturated rings. The Kier molecular flexibility index (Phi) is 4.12. The van der Waals surface area contributed by atoms with Crippen molar-refractivity contribution in [1.82, 2.24) is 10.6 Å². The first-order chi connectivity index (χ1) is 8.31. The lowest BCUT2D eigenvalue weighted by Crippen LogP contribution is -2.36. The van der Waals surface area contributed by atoms with Crippen LogP contribution in [0.15, 0.2) is 30.3 Å². The van der Waals surface area contributed by atoms with Crippen molar-refractivity contribution in [3.8, 4) is 0 Å². The number of aliphatic hydroxyl groups is 1. The van der Waals surface area contributed by atoms with Crippen molar-refractivity contribution in [3.05, 3.63) is 35.9 Å². The monoisotopic (exact) mass is 234 g/mol. The average molecular weight is 234 g/mol. The summed E-state index contributed by atoms with van der Waals surface area (Å²) >= 11 is 0. The smallest absolute Gasteiger partial charge is 0.225 e. The molecule has 2 rings (SSSR count). The molecule has 0 saturated carbocycles. The lowest BCUT2D eigenvalue weighted by molar-refractivity contribution is -0.125. The molecule has 0 aliphatic carbocycles. The Morgan fingerprint density at radius 3 is 2.82 bits per heavy atom. The summed E-state index contributed by atoms with van der Waals surface area (Å²) in [6.45, 7) is 1.56. The molecule has 2 unspecified atom stereocenters. The Morgan fingerprint density at radius 1 is 1.47 bits per heavy atom. The van der Waals surface area contributed by atoms with E-state index in [-0.39, 0.29) is 24.5 Å². The molecule has 4 nitrogen and oxygen atoms in total. The molecule has 0 bridgehead atoms. The van der Waals surface area contributed by atoms with Crippen LogP contribution in [0.5, 0.6) is 0 Å². The van der Waals surface area contributed by atoms with Gasteiger partial charge in [0.15, 0.2) is 0 Å². The van der Waals surface area contributed by atoms with Crippen molar-refractivity contribution >= 4 is 5.91 Å². The highest BCUT2D eigenvalue weighted by atomic mass is 16.3. The van der Waals surface area contributed by atoms with Gasteiger partial charge in [-0.05, 0) is 18.5 Å². The van der Waals surface area contributed by atoms with E-state index in [0.29, 0.717) is 0 Å². The molecule has 1 aliphatic rings. The molecular formula is C13H18N2O2. The van der Waals surface area contributed by atoms with Crippen molar-refractivity contribution in [1.29, 1.82) is 0 Å². The molecule has 1 saturated heterocycles. The van der Waals surface area contributed by atoms with Crippen LogP contribution in [0.3, 0.4) is 0 Å². The molecule has 1 aliphatic heterocycles. The SMILES string of the molecule is O=C(NC(CO)c1ccccc1)C1CCNC1. The quantitative estimate of drug-likeness (QED) is 0.708. The normalized spacial score (nSPS) is 21.1. The van der Waals surface area contributed by atoms with Crippen LogP contribution in [-0.4, -0.2) is 30.7 Å². The van der Waals surface area contributed by atoms with Gasteiger partial charge in [-0.3, -0.25) is 4.79 Å². The lowest BCUT2D eigenvalue weighted by atomic mass is 10.0. The van der Waals surface area contributed by atoms with Crippen LogP contribution in [0.1, 0.15) is 18.0 Å². The van der Waals surface area contributed by atoms with Gasteiger partial charge in [-0.2, -0.15) is 0 Å². The van der Waals surface area contributed by atoms with E-state index in [9.17, 15) is 9.90 Å². The summed E-state index contributed by atoms with van der Waals surface area (Å²) in [5, 5.41) is 15.4. The molecule has 0 spiro atoms. The average Bonchev–Trinajstić information content (AvgIpc) is 2.90. The first kappa shape index (κ1) is 12.1. The zero-order chi connectivity index (χ0) is 12.1. The highest BCUT2D eigenvalue weighted by molar-refractivity contribution is 5.79. The Bertz CT molecular complexity index is 361. The fraction of sp³-hybridized carbons (Fsp3) is 0.462. The number of carbonyl (C=O) groups is 1. The van der Waals surface area contributed by atoms with Crippen LogP contribution in [0, 0.1) is 5.92 Å². The third-order valence-electron chi connectivity index (χ3n) is 3.13. The Morgan fingerprint density at radius 2 is 2.24 bits per heavy atom. The van der Waals surface area contributed by atoms with Gasteiger partial charge in [-0.1, -0.05) is 30.3 Å². The van der Waals surface area contributed by atoms with E-state index in [0.717, 1.165) is 25.1 Å². The first-order valence-corrected chi connectivity index (χ1v) is 5.98. The topological polar surface area (TPSA) is 61.4 Å². The van der Waals surface area contributed by atoms with Gasteiger partial charge < -0.3 is 15.7 Å². The fourth-order valence-electron chi connectivity index (χ4n) is 2.09. The number of carbonyl (C=O) groups excluding carboxylic acids is 1. The largest absolute Gasteiger partial charge is 0.394 e. The second kappa shape index (κ2) is 5.80. The Labute approximate surface area is 101 Å². The number of aliphatic hydroxyl groups excluding tert-OH is 1. The third-order valence-corrected chi connectivity index (χ3v) is 3.13. The minimum Gasteiger partial charge on any atom is -0.394 e.